The smallest absolute Gasteiger partial charge is 0.475 e. The normalized spacial score (nSPS) is 13.0. The van der Waals surface area contributed by atoms with Crippen LogP contribution in [0.5, 0.6) is 0 Å². The van der Waals surface area contributed by atoms with E-state index in [0.29, 0.717) is 49.7 Å². The molecule has 1 aliphatic rings. The lowest BCUT2D eigenvalue weighted by Gasteiger charge is -2.20. The van der Waals surface area contributed by atoms with Crippen LogP contribution in [0.15, 0.2) is 54.1 Å². The second-order valence-corrected chi connectivity index (χ2v) is 7.82. The van der Waals surface area contributed by atoms with E-state index in [9.17, 15) is 35.9 Å². The fourth-order valence-electron chi connectivity index (χ4n) is 3.13. The van der Waals surface area contributed by atoms with Crippen molar-refractivity contribution in [2.24, 2.45) is 0 Å². The summed E-state index contributed by atoms with van der Waals surface area (Å²) in [5.74, 6) is -5.00. The van der Waals surface area contributed by atoms with Gasteiger partial charge in [0, 0.05) is 43.9 Å². The highest BCUT2D eigenvalue weighted by Gasteiger charge is 2.38. The van der Waals surface area contributed by atoms with Gasteiger partial charge in [0.15, 0.2) is 0 Å². The van der Waals surface area contributed by atoms with Gasteiger partial charge in [-0.25, -0.2) is 19.6 Å². The molecule has 0 fully saturated rings. The third-order valence-electron chi connectivity index (χ3n) is 4.87. The summed E-state index contributed by atoms with van der Waals surface area (Å²) in [4.78, 5) is 57.4. The monoisotopic (exact) mass is 578 g/mol. The van der Waals surface area contributed by atoms with Crippen molar-refractivity contribution in [3.05, 3.63) is 76.7 Å². The van der Waals surface area contributed by atoms with Crippen LogP contribution in [0, 0.1) is 0 Å². The van der Waals surface area contributed by atoms with Gasteiger partial charge in [-0.05, 0) is 18.6 Å². The van der Waals surface area contributed by atoms with Crippen LogP contribution in [0.1, 0.15) is 28.3 Å². The second-order valence-electron chi connectivity index (χ2n) is 7.82. The minimum Gasteiger partial charge on any atom is -0.475 e. The largest absolute Gasteiger partial charge is 0.490 e. The highest BCUT2D eigenvalue weighted by atomic mass is 19.4. The van der Waals surface area contributed by atoms with Crippen molar-refractivity contribution >= 4 is 17.8 Å². The number of fused-ring (bicyclic) bond motifs is 1. The molecule has 0 saturated carbocycles. The minimum atomic E-state index is -5.08. The quantitative estimate of drug-likeness (QED) is 0.444. The molecule has 0 saturated heterocycles. The number of halogens is 6. The highest BCUT2D eigenvalue weighted by Crippen LogP contribution is 2.15. The first-order valence-electron chi connectivity index (χ1n) is 10.9. The Kier molecular flexibility index (Phi) is 10.5. The lowest BCUT2D eigenvalue weighted by atomic mass is 10.2. The lowest BCUT2D eigenvalue weighted by molar-refractivity contribution is -0.193. The number of carbonyl (C=O) groups is 3. The number of imidazole rings is 1. The lowest BCUT2D eigenvalue weighted by Crippen LogP contribution is -2.32. The number of carbonyl (C=O) groups excluding carboxylic acids is 1. The standard InChI is InChI=1S/C18H18N6O2.2C2HF3O2/c25-17-9-15(11-22-8-5-20-13-22)21-16-12-23(6-2-7-24(16)17)18(26)14-3-1-4-19-10-14;2*3-2(4,5)1(6)7/h1,3-5,8-10,13H,2,6-7,11-12H2;2*(H,6,7). The van der Waals surface area contributed by atoms with Gasteiger partial charge in [0.05, 0.1) is 30.7 Å². The molecule has 0 aliphatic carbocycles. The number of alkyl halides is 6. The van der Waals surface area contributed by atoms with Crippen LogP contribution < -0.4 is 5.56 Å². The Morgan fingerprint density at radius 2 is 1.57 bits per heavy atom. The van der Waals surface area contributed by atoms with Crippen molar-refractivity contribution in [2.45, 2.75) is 38.4 Å². The molecule has 2 N–H and O–H groups in total. The van der Waals surface area contributed by atoms with Crippen LogP contribution in [-0.2, 0) is 29.2 Å². The minimum absolute atomic E-state index is 0.0826. The number of aromatic nitrogens is 5. The van der Waals surface area contributed by atoms with Crippen LogP contribution >= 0.6 is 0 Å². The molecule has 0 bridgehead atoms. The molecule has 40 heavy (non-hydrogen) atoms. The number of rotatable bonds is 3. The summed E-state index contributed by atoms with van der Waals surface area (Å²) >= 11 is 0. The van der Waals surface area contributed by atoms with Gasteiger partial charge in [-0.2, -0.15) is 26.3 Å². The number of hydrogen-bond acceptors (Lipinski definition) is 7. The van der Waals surface area contributed by atoms with E-state index >= 15 is 0 Å². The molecule has 0 aromatic carbocycles. The van der Waals surface area contributed by atoms with Crippen LogP contribution in [0.2, 0.25) is 0 Å². The first-order valence-corrected chi connectivity index (χ1v) is 10.9. The average molecular weight is 578 g/mol. The van der Waals surface area contributed by atoms with Crippen molar-refractivity contribution in [3.63, 3.8) is 0 Å². The van der Waals surface area contributed by atoms with E-state index in [2.05, 4.69) is 15.0 Å². The molecular weight excluding hydrogens is 558 g/mol. The van der Waals surface area contributed by atoms with Crippen LogP contribution in [0.4, 0.5) is 26.3 Å². The summed E-state index contributed by atoms with van der Waals surface area (Å²) in [7, 11) is 0. The zero-order valence-electron chi connectivity index (χ0n) is 20.1. The van der Waals surface area contributed by atoms with Gasteiger partial charge in [-0.15, -0.1) is 0 Å². The molecule has 1 amide bonds. The molecule has 0 spiro atoms. The summed E-state index contributed by atoms with van der Waals surface area (Å²) in [5, 5.41) is 14.2. The van der Waals surface area contributed by atoms with Crippen molar-refractivity contribution in [3.8, 4) is 0 Å². The molecule has 3 aromatic rings. The Labute approximate surface area is 220 Å². The molecule has 3 aromatic heterocycles. The molecule has 12 nitrogen and oxygen atoms in total. The Morgan fingerprint density at radius 1 is 0.950 bits per heavy atom. The molecular formula is C22H20F6N6O6. The topological polar surface area (TPSA) is 161 Å². The Bertz CT molecular complexity index is 1340. The van der Waals surface area contributed by atoms with E-state index in [4.69, 9.17) is 19.8 Å². The van der Waals surface area contributed by atoms with Gasteiger partial charge in [0.2, 0.25) is 0 Å². The van der Waals surface area contributed by atoms with Crippen molar-refractivity contribution in [1.82, 2.24) is 29.0 Å². The molecule has 4 heterocycles. The Hall–Kier alpha value is -4.77. The molecule has 0 radical (unpaired) electrons. The molecule has 216 valence electrons. The van der Waals surface area contributed by atoms with E-state index in [1.807, 2.05) is 10.8 Å². The Morgan fingerprint density at radius 3 is 2.08 bits per heavy atom. The summed E-state index contributed by atoms with van der Waals surface area (Å²) in [6.45, 7) is 1.91. The van der Waals surface area contributed by atoms with Crippen molar-refractivity contribution in [1.29, 1.82) is 0 Å². The van der Waals surface area contributed by atoms with Crippen molar-refractivity contribution < 1.29 is 50.9 Å². The molecule has 4 rings (SSSR count). The van der Waals surface area contributed by atoms with Crippen LogP contribution in [0.3, 0.4) is 0 Å². The molecule has 0 atom stereocenters. The summed E-state index contributed by atoms with van der Waals surface area (Å²) < 4.78 is 67.0. The first-order chi connectivity index (χ1) is 18.6. The summed E-state index contributed by atoms with van der Waals surface area (Å²) in [5.41, 5.74) is 1.12. The fraction of sp³-hybridized carbons (Fsp3) is 0.318. The summed E-state index contributed by atoms with van der Waals surface area (Å²) in [6.07, 6.45) is -1.07. The van der Waals surface area contributed by atoms with Crippen LogP contribution in [-0.4, -0.2) is 75.9 Å². The SMILES string of the molecule is O=C(O)C(F)(F)F.O=C(O)C(F)(F)F.O=C(c1cccnc1)N1CCCn2c(nc(Cn3ccnc3)cc2=O)C1. The Balaban J connectivity index is 0.000000333. The number of carboxylic acid groups (broad SMARTS) is 2. The molecule has 1 aliphatic heterocycles. The third kappa shape index (κ3) is 9.52. The van der Waals surface area contributed by atoms with E-state index in [1.165, 1.54) is 0 Å². The zero-order chi connectivity index (χ0) is 30.1. The maximum atomic E-state index is 12.7. The van der Waals surface area contributed by atoms with Crippen molar-refractivity contribution in [2.75, 3.05) is 6.54 Å². The maximum absolute atomic E-state index is 12.7. The van der Waals surface area contributed by atoms with Gasteiger partial charge in [-0.3, -0.25) is 19.1 Å². The fourth-order valence-corrected chi connectivity index (χ4v) is 3.13. The number of nitrogens with zero attached hydrogens (tertiary/aromatic N) is 6. The first kappa shape index (κ1) is 31.4. The van der Waals surface area contributed by atoms with Gasteiger partial charge in [0.25, 0.3) is 11.5 Å². The van der Waals surface area contributed by atoms with E-state index in [0.717, 1.165) is 0 Å². The van der Waals surface area contributed by atoms with Crippen LogP contribution in [0.25, 0.3) is 0 Å². The van der Waals surface area contributed by atoms with E-state index < -0.39 is 24.3 Å². The number of pyridine rings is 1. The number of hydrogen-bond donors (Lipinski definition) is 2. The maximum Gasteiger partial charge on any atom is 0.490 e. The van der Waals surface area contributed by atoms with Gasteiger partial charge in [0.1, 0.15) is 5.82 Å². The number of amides is 1. The zero-order valence-corrected chi connectivity index (χ0v) is 20.1. The van der Waals surface area contributed by atoms with Gasteiger partial charge < -0.3 is 19.7 Å². The predicted molar refractivity (Wildman–Crippen MR) is 121 cm³/mol. The summed E-state index contributed by atoms with van der Waals surface area (Å²) in [6, 6.07) is 5.04. The van der Waals surface area contributed by atoms with Gasteiger partial charge in [-0.1, -0.05) is 0 Å². The van der Waals surface area contributed by atoms with Gasteiger partial charge >= 0.3 is 24.3 Å². The van der Waals surface area contributed by atoms with E-state index in [-0.39, 0.29) is 11.5 Å². The third-order valence-corrected chi connectivity index (χ3v) is 4.87. The second kappa shape index (κ2) is 13.3. The number of carboxylic acids is 2. The average Bonchev–Trinajstić information content (AvgIpc) is 3.27. The molecule has 18 heteroatoms. The predicted octanol–water partition coefficient (Wildman–Crippen LogP) is 2.20. The molecule has 0 unspecified atom stereocenters. The highest BCUT2D eigenvalue weighted by molar-refractivity contribution is 5.93. The number of aliphatic carboxylic acids is 2. The van der Waals surface area contributed by atoms with E-state index in [1.54, 1.807) is 52.6 Å².